The molecule has 0 unspecified atom stereocenters. The van der Waals surface area contributed by atoms with Crippen molar-refractivity contribution in [3.63, 3.8) is 0 Å². The van der Waals surface area contributed by atoms with Crippen LogP contribution in [0.3, 0.4) is 0 Å². The number of carbonyl (C=O) groups is 1. The second-order valence-corrected chi connectivity index (χ2v) is 5.41. The highest BCUT2D eigenvalue weighted by molar-refractivity contribution is 6.31. The Kier molecular flexibility index (Phi) is 4.22. The Morgan fingerprint density at radius 2 is 1.92 bits per heavy atom. The first-order valence-corrected chi connectivity index (χ1v) is 7.18. The summed E-state index contributed by atoms with van der Waals surface area (Å²) in [7, 11) is 0. The normalized spacial score (nSPS) is 11.5. The zero-order valence-corrected chi connectivity index (χ0v) is 13.0. The molecular formula is C16H9ClF3NO4. The molecule has 0 fully saturated rings. The van der Waals surface area contributed by atoms with Crippen molar-refractivity contribution in [3.05, 3.63) is 53.2 Å². The molecule has 2 aromatic carbocycles. The van der Waals surface area contributed by atoms with Gasteiger partial charge in [-0.1, -0.05) is 11.6 Å². The highest BCUT2D eigenvalue weighted by atomic mass is 35.5. The van der Waals surface area contributed by atoms with Crippen molar-refractivity contribution < 1.29 is 32.2 Å². The van der Waals surface area contributed by atoms with E-state index in [4.69, 9.17) is 16.0 Å². The summed E-state index contributed by atoms with van der Waals surface area (Å²) in [6.07, 6.45) is -4.98. The molecule has 0 aliphatic rings. The summed E-state index contributed by atoms with van der Waals surface area (Å²) in [5, 5.41) is 12.6. The lowest BCUT2D eigenvalue weighted by molar-refractivity contribution is -0.274. The van der Waals surface area contributed by atoms with Crippen molar-refractivity contribution in [2.45, 2.75) is 6.36 Å². The van der Waals surface area contributed by atoms with Crippen LogP contribution in [0.25, 0.3) is 11.0 Å². The standard InChI is InChI=1S/C16H9ClF3NO4/c17-9-1-4-12-8(5-9)6-14(24-12)15(23)21-11-3-2-10(22)7-13(11)25-16(18,19)20/h1-7,22H,(H,21,23). The number of carbonyl (C=O) groups excluding carboxylic acids is 1. The number of ether oxygens (including phenoxy) is 1. The Bertz CT molecular complexity index is 952. The van der Waals surface area contributed by atoms with Gasteiger partial charge >= 0.3 is 6.36 Å². The predicted octanol–water partition coefficient (Wildman–Crippen LogP) is 4.94. The second-order valence-electron chi connectivity index (χ2n) is 4.98. The molecule has 0 atom stereocenters. The van der Waals surface area contributed by atoms with E-state index < -0.39 is 23.8 Å². The molecule has 3 aromatic rings. The van der Waals surface area contributed by atoms with Crippen LogP contribution >= 0.6 is 11.6 Å². The van der Waals surface area contributed by atoms with E-state index in [1.165, 1.54) is 6.07 Å². The van der Waals surface area contributed by atoms with Crippen LogP contribution in [-0.2, 0) is 0 Å². The van der Waals surface area contributed by atoms with E-state index in [2.05, 4.69) is 10.1 Å². The first-order chi connectivity index (χ1) is 11.7. The Morgan fingerprint density at radius 1 is 1.16 bits per heavy atom. The number of fused-ring (bicyclic) bond motifs is 1. The minimum Gasteiger partial charge on any atom is -0.508 e. The van der Waals surface area contributed by atoms with Crippen molar-refractivity contribution in [2.75, 3.05) is 5.32 Å². The number of rotatable bonds is 3. The summed E-state index contributed by atoms with van der Waals surface area (Å²) in [5.74, 6) is -2.11. The van der Waals surface area contributed by atoms with Crippen molar-refractivity contribution in [1.82, 2.24) is 0 Å². The maximum atomic E-state index is 12.4. The van der Waals surface area contributed by atoms with Gasteiger partial charge in [0, 0.05) is 16.5 Å². The third-order valence-corrected chi connectivity index (χ3v) is 3.38. The molecule has 0 spiro atoms. The van der Waals surface area contributed by atoms with Crippen LogP contribution in [-0.4, -0.2) is 17.4 Å². The number of alkyl halides is 3. The van der Waals surface area contributed by atoms with E-state index in [9.17, 15) is 23.1 Å². The average Bonchev–Trinajstić information content (AvgIpc) is 2.91. The maximum absolute atomic E-state index is 12.4. The molecule has 0 aliphatic heterocycles. The Morgan fingerprint density at radius 3 is 2.64 bits per heavy atom. The highest BCUT2D eigenvalue weighted by Gasteiger charge is 2.32. The molecule has 1 heterocycles. The van der Waals surface area contributed by atoms with Crippen LogP contribution in [0.2, 0.25) is 5.02 Å². The zero-order valence-electron chi connectivity index (χ0n) is 12.2. The molecule has 5 nitrogen and oxygen atoms in total. The quantitative estimate of drug-likeness (QED) is 0.639. The number of phenolic OH excluding ortho intramolecular Hbond substituents is 1. The molecule has 9 heteroatoms. The van der Waals surface area contributed by atoms with E-state index in [0.29, 0.717) is 16.0 Å². The van der Waals surface area contributed by atoms with E-state index in [0.717, 1.165) is 18.2 Å². The first-order valence-electron chi connectivity index (χ1n) is 6.80. The van der Waals surface area contributed by atoms with Gasteiger partial charge in [-0.25, -0.2) is 0 Å². The minimum absolute atomic E-state index is 0.122. The zero-order chi connectivity index (χ0) is 18.2. The van der Waals surface area contributed by atoms with Crippen LogP contribution in [0.15, 0.2) is 46.9 Å². The third kappa shape index (κ3) is 3.97. The molecule has 0 saturated heterocycles. The molecule has 1 aromatic heterocycles. The largest absolute Gasteiger partial charge is 0.573 e. The summed E-state index contributed by atoms with van der Waals surface area (Å²) >= 11 is 5.85. The fourth-order valence-electron chi connectivity index (χ4n) is 2.13. The number of furan rings is 1. The summed E-state index contributed by atoms with van der Waals surface area (Å²) in [5.41, 5.74) is 0.116. The first kappa shape index (κ1) is 17.0. The Hall–Kier alpha value is -2.87. The van der Waals surface area contributed by atoms with E-state index in [-0.39, 0.29) is 11.4 Å². The molecule has 0 radical (unpaired) electrons. The average molecular weight is 372 g/mol. The number of hydrogen-bond acceptors (Lipinski definition) is 4. The Balaban J connectivity index is 1.89. The molecule has 1 amide bonds. The van der Waals surface area contributed by atoms with Crippen LogP contribution in [0.5, 0.6) is 11.5 Å². The van der Waals surface area contributed by atoms with Gasteiger partial charge in [0.1, 0.15) is 11.3 Å². The number of phenols is 1. The molecule has 130 valence electrons. The second kappa shape index (κ2) is 6.21. The number of amides is 1. The van der Waals surface area contributed by atoms with Crippen LogP contribution < -0.4 is 10.1 Å². The molecule has 2 N–H and O–H groups in total. The van der Waals surface area contributed by atoms with Gasteiger partial charge in [0.2, 0.25) is 0 Å². The molecule has 0 bridgehead atoms. The highest BCUT2D eigenvalue weighted by Crippen LogP contribution is 2.34. The fraction of sp³-hybridized carbons (Fsp3) is 0.0625. The predicted molar refractivity (Wildman–Crippen MR) is 84.0 cm³/mol. The summed E-state index contributed by atoms with van der Waals surface area (Å²) < 4.78 is 46.5. The van der Waals surface area contributed by atoms with Gasteiger partial charge in [-0.2, -0.15) is 0 Å². The number of benzene rings is 2. The van der Waals surface area contributed by atoms with E-state index in [1.54, 1.807) is 18.2 Å². The molecule has 3 rings (SSSR count). The topological polar surface area (TPSA) is 71.7 Å². The van der Waals surface area contributed by atoms with Gasteiger partial charge < -0.3 is 19.6 Å². The lowest BCUT2D eigenvalue weighted by atomic mass is 10.2. The summed E-state index contributed by atoms with van der Waals surface area (Å²) in [6.45, 7) is 0. The number of halogens is 4. The molecular weight excluding hydrogens is 363 g/mol. The van der Waals surface area contributed by atoms with Crippen LogP contribution in [0.4, 0.5) is 18.9 Å². The fourth-order valence-corrected chi connectivity index (χ4v) is 2.31. The van der Waals surface area contributed by atoms with Crippen LogP contribution in [0, 0.1) is 0 Å². The lowest BCUT2D eigenvalue weighted by Crippen LogP contribution is -2.19. The number of hydrogen-bond donors (Lipinski definition) is 2. The Labute approximate surface area is 143 Å². The molecule has 0 aliphatic carbocycles. The number of nitrogens with one attached hydrogen (secondary N) is 1. The lowest BCUT2D eigenvalue weighted by Gasteiger charge is -2.13. The summed E-state index contributed by atoms with van der Waals surface area (Å²) in [6, 6.07) is 9.04. The monoisotopic (exact) mass is 371 g/mol. The van der Waals surface area contributed by atoms with Crippen molar-refractivity contribution in [2.24, 2.45) is 0 Å². The SMILES string of the molecule is O=C(Nc1ccc(O)cc1OC(F)(F)F)c1cc2cc(Cl)ccc2o1. The van der Waals surface area contributed by atoms with Gasteiger partial charge in [0.15, 0.2) is 11.5 Å². The number of anilines is 1. The van der Waals surface area contributed by atoms with E-state index >= 15 is 0 Å². The van der Waals surface area contributed by atoms with Crippen molar-refractivity contribution in [1.29, 1.82) is 0 Å². The smallest absolute Gasteiger partial charge is 0.508 e. The summed E-state index contributed by atoms with van der Waals surface area (Å²) in [4.78, 5) is 12.2. The van der Waals surface area contributed by atoms with Gasteiger partial charge in [-0.15, -0.1) is 13.2 Å². The van der Waals surface area contributed by atoms with Crippen molar-refractivity contribution in [3.8, 4) is 11.5 Å². The maximum Gasteiger partial charge on any atom is 0.573 e. The van der Waals surface area contributed by atoms with Crippen molar-refractivity contribution >= 4 is 34.2 Å². The minimum atomic E-state index is -4.98. The van der Waals surface area contributed by atoms with Gasteiger partial charge in [0.25, 0.3) is 5.91 Å². The van der Waals surface area contributed by atoms with Gasteiger partial charge in [-0.3, -0.25) is 4.79 Å². The molecule has 0 saturated carbocycles. The van der Waals surface area contributed by atoms with Gasteiger partial charge in [0.05, 0.1) is 5.69 Å². The molecule has 25 heavy (non-hydrogen) atoms. The number of aromatic hydroxyl groups is 1. The van der Waals surface area contributed by atoms with Crippen LogP contribution in [0.1, 0.15) is 10.6 Å². The van der Waals surface area contributed by atoms with Gasteiger partial charge in [-0.05, 0) is 36.4 Å². The van der Waals surface area contributed by atoms with E-state index in [1.807, 2.05) is 0 Å². The third-order valence-electron chi connectivity index (χ3n) is 3.14.